The van der Waals surface area contributed by atoms with Gasteiger partial charge < -0.3 is 15.5 Å². The van der Waals surface area contributed by atoms with Crippen molar-refractivity contribution in [2.75, 3.05) is 31.9 Å². The zero-order valence-corrected chi connectivity index (χ0v) is 16.9. The van der Waals surface area contributed by atoms with Crippen molar-refractivity contribution < 1.29 is 22.8 Å². The molecule has 3 amide bonds. The quantitative estimate of drug-likeness (QED) is 0.497. The molecular formula is C17H30N4O5S. The molecule has 10 heteroatoms. The summed E-state index contributed by atoms with van der Waals surface area (Å²) in [7, 11) is -3.45. The highest BCUT2D eigenvalue weighted by atomic mass is 32.2. The fourth-order valence-corrected chi connectivity index (χ4v) is 4.69. The van der Waals surface area contributed by atoms with E-state index in [1.807, 2.05) is 13.8 Å². The van der Waals surface area contributed by atoms with E-state index in [9.17, 15) is 22.8 Å². The van der Waals surface area contributed by atoms with Crippen molar-refractivity contribution in [2.24, 2.45) is 5.92 Å². The van der Waals surface area contributed by atoms with Crippen molar-refractivity contribution in [1.29, 1.82) is 0 Å². The summed E-state index contributed by atoms with van der Waals surface area (Å²) in [5.41, 5.74) is -0.615. The van der Waals surface area contributed by atoms with E-state index in [1.165, 1.54) is 0 Å². The molecule has 2 atom stereocenters. The summed E-state index contributed by atoms with van der Waals surface area (Å²) >= 11 is 0. The number of piperidine rings is 1. The Balaban J connectivity index is 1.86. The number of carbonyl (C=O) groups is 3. The van der Waals surface area contributed by atoms with Gasteiger partial charge in [-0.3, -0.25) is 14.4 Å². The summed E-state index contributed by atoms with van der Waals surface area (Å²) < 4.78 is 25.9. The molecule has 0 aromatic carbocycles. The van der Waals surface area contributed by atoms with Crippen LogP contribution in [0.1, 0.15) is 46.0 Å². The minimum Gasteiger partial charge on any atom is -0.355 e. The zero-order chi connectivity index (χ0) is 20.1. The Morgan fingerprint density at radius 2 is 2.11 bits per heavy atom. The maximum atomic E-state index is 12.6. The third-order valence-electron chi connectivity index (χ3n) is 5.00. The molecule has 2 fully saturated rings. The normalized spacial score (nSPS) is 25.9. The van der Waals surface area contributed by atoms with Gasteiger partial charge in [-0.05, 0) is 26.2 Å². The smallest absolute Gasteiger partial charge is 0.235 e. The number of sulfonamides is 1. The molecule has 154 valence electrons. The first kappa shape index (κ1) is 21.6. The highest BCUT2D eigenvalue weighted by Crippen LogP contribution is 2.23. The van der Waals surface area contributed by atoms with Crippen LogP contribution in [0.15, 0.2) is 0 Å². The monoisotopic (exact) mass is 402 g/mol. The van der Waals surface area contributed by atoms with Gasteiger partial charge in [0.1, 0.15) is 0 Å². The van der Waals surface area contributed by atoms with Gasteiger partial charge in [-0.2, -0.15) is 0 Å². The summed E-state index contributed by atoms with van der Waals surface area (Å²) in [5, 5.41) is 5.53. The van der Waals surface area contributed by atoms with Crippen LogP contribution in [-0.2, 0) is 24.4 Å². The molecule has 0 saturated carbocycles. The van der Waals surface area contributed by atoms with E-state index < -0.39 is 21.5 Å². The molecule has 3 N–H and O–H groups in total. The van der Waals surface area contributed by atoms with Gasteiger partial charge in [-0.15, -0.1) is 0 Å². The number of likely N-dealkylation sites (tertiary alicyclic amines) is 1. The van der Waals surface area contributed by atoms with Gasteiger partial charge in [0.2, 0.25) is 27.7 Å². The summed E-state index contributed by atoms with van der Waals surface area (Å²) in [6, 6.07) is 0. The SMILES string of the molecule is CCCCS(=O)(=O)NCC(=O)NC1(C)CCCN(C(=O)C2CNC(=O)C2)C1. The Labute approximate surface area is 160 Å². The molecular weight excluding hydrogens is 372 g/mol. The fraction of sp³-hybridized carbons (Fsp3) is 0.824. The lowest BCUT2D eigenvalue weighted by Gasteiger charge is -2.41. The lowest BCUT2D eigenvalue weighted by Crippen LogP contribution is -2.59. The average Bonchev–Trinajstić information content (AvgIpc) is 3.04. The summed E-state index contributed by atoms with van der Waals surface area (Å²) in [6.07, 6.45) is 2.95. The minimum atomic E-state index is -3.45. The molecule has 2 rings (SSSR count). The van der Waals surface area contributed by atoms with Crippen molar-refractivity contribution in [2.45, 2.75) is 51.5 Å². The molecule has 2 aliphatic rings. The van der Waals surface area contributed by atoms with Crippen LogP contribution < -0.4 is 15.4 Å². The molecule has 0 aromatic heterocycles. The number of hydrogen-bond acceptors (Lipinski definition) is 5. The van der Waals surface area contributed by atoms with Gasteiger partial charge in [0, 0.05) is 26.1 Å². The molecule has 2 unspecified atom stereocenters. The zero-order valence-electron chi connectivity index (χ0n) is 16.0. The van der Waals surface area contributed by atoms with E-state index in [1.54, 1.807) is 4.90 Å². The lowest BCUT2D eigenvalue weighted by molar-refractivity contribution is -0.139. The first-order valence-corrected chi connectivity index (χ1v) is 11.1. The first-order chi connectivity index (χ1) is 12.6. The number of nitrogens with zero attached hydrogens (tertiary/aromatic N) is 1. The van der Waals surface area contributed by atoms with Gasteiger partial charge in [0.25, 0.3) is 0 Å². The standard InChI is InChI=1S/C17H30N4O5S/c1-3-4-8-27(25,26)19-11-15(23)20-17(2)6-5-7-21(12-17)16(24)13-9-14(22)18-10-13/h13,19H,3-12H2,1-2H3,(H,18,22)(H,20,23). The summed E-state index contributed by atoms with van der Waals surface area (Å²) in [4.78, 5) is 37.9. The van der Waals surface area contributed by atoms with Crippen LogP contribution in [0.2, 0.25) is 0 Å². The van der Waals surface area contributed by atoms with Crippen molar-refractivity contribution >= 4 is 27.7 Å². The molecule has 2 saturated heterocycles. The second kappa shape index (κ2) is 9.01. The maximum Gasteiger partial charge on any atom is 0.235 e. The Kier molecular flexibility index (Phi) is 7.21. The van der Waals surface area contributed by atoms with Gasteiger partial charge >= 0.3 is 0 Å². The molecule has 0 spiro atoms. The Bertz CT molecular complexity index is 681. The van der Waals surface area contributed by atoms with Gasteiger partial charge in [0.15, 0.2) is 0 Å². The Morgan fingerprint density at radius 1 is 1.37 bits per heavy atom. The molecule has 2 aliphatic heterocycles. The molecule has 0 radical (unpaired) electrons. The fourth-order valence-electron chi connectivity index (χ4n) is 3.53. The highest BCUT2D eigenvalue weighted by molar-refractivity contribution is 7.89. The van der Waals surface area contributed by atoms with Crippen LogP contribution in [0, 0.1) is 5.92 Å². The predicted molar refractivity (Wildman–Crippen MR) is 100 cm³/mol. The number of hydrogen-bond donors (Lipinski definition) is 3. The number of rotatable bonds is 8. The average molecular weight is 403 g/mol. The third kappa shape index (κ3) is 6.46. The minimum absolute atomic E-state index is 0.00444. The van der Waals surface area contributed by atoms with Gasteiger partial charge in [-0.1, -0.05) is 13.3 Å². The number of unbranched alkanes of at least 4 members (excludes halogenated alkanes) is 1. The molecule has 0 bridgehead atoms. The third-order valence-corrected chi connectivity index (χ3v) is 6.41. The van der Waals surface area contributed by atoms with Crippen molar-refractivity contribution in [1.82, 2.24) is 20.3 Å². The van der Waals surface area contributed by atoms with Crippen LogP contribution in [0.3, 0.4) is 0 Å². The van der Waals surface area contributed by atoms with Crippen LogP contribution in [-0.4, -0.2) is 68.5 Å². The topological polar surface area (TPSA) is 125 Å². The van der Waals surface area contributed by atoms with Crippen LogP contribution in [0.25, 0.3) is 0 Å². The number of carbonyl (C=O) groups excluding carboxylic acids is 3. The second-order valence-electron chi connectivity index (χ2n) is 7.67. The van der Waals surface area contributed by atoms with Crippen molar-refractivity contribution in [3.8, 4) is 0 Å². The van der Waals surface area contributed by atoms with E-state index in [0.717, 1.165) is 12.8 Å². The van der Waals surface area contributed by atoms with E-state index >= 15 is 0 Å². The highest BCUT2D eigenvalue weighted by Gasteiger charge is 2.38. The van der Waals surface area contributed by atoms with Gasteiger partial charge in [-0.25, -0.2) is 13.1 Å². The van der Waals surface area contributed by atoms with E-state index in [0.29, 0.717) is 32.5 Å². The van der Waals surface area contributed by atoms with E-state index in [2.05, 4.69) is 15.4 Å². The largest absolute Gasteiger partial charge is 0.355 e. The molecule has 2 heterocycles. The molecule has 0 aromatic rings. The second-order valence-corrected chi connectivity index (χ2v) is 9.60. The van der Waals surface area contributed by atoms with E-state index in [4.69, 9.17) is 0 Å². The lowest BCUT2D eigenvalue weighted by atomic mass is 9.90. The van der Waals surface area contributed by atoms with Crippen LogP contribution >= 0.6 is 0 Å². The van der Waals surface area contributed by atoms with Crippen LogP contribution in [0.5, 0.6) is 0 Å². The van der Waals surface area contributed by atoms with Crippen molar-refractivity contribution in [3.63, 3.8) is 0 Å². The molecule has 0 aliphatic carbocycles. The molecule has 27 heavy (non-hydrogen) atoms. The Morgan fingerprint density at radius 3 is 2.74 bits per heavy atom. The summed E-state index contributed by atoms with van der Waals surface area (Å²) in [6.45, 7) is 4.75. The van der Waals surface area contributed by atoms with E-state index in [-0.39, 0.29) is 36.5 Å². The molecule has 9 nitrogen and oxygen atoms in total. The van der Waals surface area contributed by atoms with Crippen LogP contribution in [0.4, 0.5) is 0 Å². The number of nitrogens with one attached hydrogen (secondary N) is 3. The van der Waals surface area contributed by atoms with Crippen molar-refractivity contribution in [3.05, 3.63) is 0 Å². The Hall–Kier alpha value is -1.68. The maximum absolute atomic E-state index is 12.6. The first-order valence-electron chi connectivity index (χ1n) is 9.48. The van der Waals surface area contributed by atoms with Gasteiger partial charge in [0.05, 0.1) is 23.8 Å². The predicted octanol–water partition coefficient (Wildman–Crippen LogP) is -0.661. The number of amides is 3. The summed E-state index contributed by atoms with van der Waals surface area (Å²) in [5.74, 6) is -0.944.